The van der Waals surface area contributed by atoms with Crippen LogP contribution in [0.3, 0.4) is 0 Å². The molecule has 3 heterocycles. The summed E-state index contributed by atoms with van der Waals surface area (Å²) in [6.07, 6.45) is 7.60. The minimum atomic E-state index is -0.161. The number of nitrogens with zero attached hydrogens (tertiary/aromatic N) is 2. The van der Waals surface area contributed by atoms with E-state index in [1.165, 1.54) is 12.8 Å². The monoisotopic (exact) mass is 415 g/mol. The Morgan fingerprint density at radius 2 is 2.00 bits per heavy atom. The maximum absolute atomic E-state index is 9.70. The van der Waals surface area contributed by atoms with Gasteiger partial charge in [0.25, 0.3) is 0 Å². The highest BCUT2D eigenvalue weighted by molar-refractivity contribution is 6.33. The van der Waals surface area contributed by atoms with Gasteiger partial charge in [-0.15, -0.1) is 0 Å². The SMILES string of the molecule is O[C@H]1CC[C@H](Nc2cc(-c3cccc(NC[C@H]4CCCNC4)n3)c(Cl)cn2)CC1. The highest BCUT2D eigenvalue weighted by Gasteiger charge is 2.20. The molecule has 0 bridgehead atoms. The molecule has 4 rings (SSSR count). The number of hydrogen-bond donors (Lipinski definition) is 4. The summed E-state index contributed by atoms with van der Waals surface area (Å²) >= 11 is 6.45. The lowest BCUT2D eigenvalue weighted by Crippen LogP contribution is -2.33. The summed E-state index contributed by atoms with van der Waals surface area (Å²) in [5, 5.41) is 20.7. The Kier molecular flexibility index (Phi) is 6.85. The molecule has 7 heteroatoms. The van der Waals surface area contributed by atoms with E-state index >= 15 is 0 Å². The van der Waals surface area contributed by atoms with Gasteiger partial charge in [-0.2, -0.15) is 0 Å². The van der Waals surface area contributed by atoms with Gasteiger partial charge in [0.15, 0.2) is 0 Å². The molecule has 0 spiro atoms. The lowest BCUT2D eigenvalue weighted by Gasteiger charge is -2.26. The number of aromatic nitrogens is 2. The standard InChI is InChI=1S/C22H30ClN5O/c23-19-14-26-22(27-16-6-8-17(29)9-7-16)11-18(19)20-4-1-5-21(28-20)25-13-15-3-2-10-24-12-15/h1,4-5,11,14-17,24,29H,2-3,6-10,12-13H2,(H,25,28)(H,26,27)/t15-,16-,17-/m0/s1. The van der Waals surface area contributed by atoms with Gasteiger partial charge in [-0.25, -0.2) is 9.97 Å². The summed E-state index contributed by atoms with van der Waals surface area (Å²) in [5.74, 6) is 2.32. The summed E-state index contributed by atoms with van der Waals surface area (Å²) in [5.41, 5.74) is 1.72. The molecule has 1 aliphatic heterocycles. The van der Waals surface area contributed by atoms with Gasteiger partial charge < -0.3 is 21.1 Å². The molecule has 0 radical (unpaired) electrons. The molecule has 29 heavy (non-hydrogen) atoms. The molecule has 4 N–H and O–H groups in total. The van der Waals surface area contributed by atoms with Crippen LogP contribution in [0, 0.1) is 5.92 Å². The zero-order valence-electron chi connectivity index (χ0n) is 16.7. The van der Waals surface area contributed by atoms with Crippen LogP contribution in [0.5, 0.6) is 0 Å². The van der Waals surface area contributed by atoms with Crippen molar-refractivity contribution in [2.45, 2.75) is 50.7 Å². The van der Waals surface area contributed by atoms with Crippen molar-refractivity contribution in [3.63, 3.8) is 0 Å². The molecular formula is C22H30ClN5O. The predicted octanol–water partition coefficient (Wildman–Crippen LogP) is 3.92. The van der Waals surface area contributed by atoms with Crippen molar-refractivity contribution >= 4 is 23.2 Å². The number of halogens is 1. The molecule has 1 atom stereocenters. The predicted molar refractivity (Wildman–Crippen MR) is 118 cm³/mol. The van der Waals surface area contributed by atoms with Crippen LogP contribution < -0.4 is 16.0 Å². The average Bonchev–Trinajstić information content (AvgIpc) is 2.76. The van der Waals surface area contributed by atoms with E-state index in [-0.39, 0.29) is 6.10 Å². The lowest BCUT2D eigenvalue weighted by atomic mass is 9.93. The van der Waals surface area contributed by atoms with Gasteiger partial charge in [0.2, 0.25) is 0 Å². The first-order chi connectivity index (χ1) is 14.2. The number of pyridine rings is 2. The Balaban J connectivity index is 1.44. The Morgan fingerprint density at radius 3 is 2.79 bits per heavy atom. The van der Waals surface area contributed by atoms with Crippen LogP contribution in [-0.4, -0.2) is 46.9 Å². The number of rotatable bonds is 6. The second kappa shape index (κ2) is 9.74. The van der Waals surface area contributed by atoms with E-state index in [4.69, 9.17) is 16.6 Å². The molecule has 1 saturated heterocycles. The van der Waals surface area contributed by atoms with E-state index < -0.39 is 0 Å². The van der Waals surface area contributed by atoms with Crippen LogP contribution in [0.15, 0.2) is 30.5 Å². The number of nitrogens with one attached hydrogen (secondary N) is 3. The van der Waals surface area contributed by atoms with E-state index in [1.54, 1.807) is 6.20 Å². The molecule has 2 fully saturated rings. The molecule has 0 unspecified atom stereocenters. The van der Waals surface area contributed by atoms with E-state index in [0.717, 1.165) is 68.2 Å². The zero-order valence-corrected chi connectivity index (χ0v) is 17.5. The minimum Gasteiger partial charge on any atom is -0.393 e. The maximum atomic E-state index is 9.70. The Labute approximate surface area is 177 Å². The topological polar surface area (TPSA) is 82.1 Å². The van der Waals surface area contributed by atoms with Gasteiger partial charge in [0.1, 0.15) is 11.6 Å². The van der Waals surface area contributed by atoms with Crippen molar-refractivity contribution in [3.8, 4) is 11.3 Å². The summed E-state index contributed by atoms with van der Waals surface area (Å²) < 4.78 is 0. The highest BCUT2D eigenvalue weighted by atomic mass is 35.5. The van der Waals surface area contributed by atoms with Gasteiger partial charge in [0.05, 0.1) is 16.8 Å². The molecule has 1 saturated carbocycles. The third kappa shape index (κ3) is 5.59. The van der Waals surface area contributed by atoms with Crippen LogP contribution in [-0.2, 0) is 0 Å². The van der Waals surface area contributed by atoms with Crippen molar-refractivity contribution in [1.29, 1.82) is 0 Å². The summed E-state index contributed by atoms with van der Waals surface area (Å²) in [6.45, 7) is 3.12. The van der Waals surface area contributed by atoms with Crippen LogP contribution in [0.4, 0.5) is 11.6 Å². The number of piperidine rings is 1. The Bertz CT molecular complexity index is 804. The van der Waals surface area contributed by atoms with Gasteiger partial charge in [-0.05, 0) is 75.7 Å². The molecular weight excluding hydrogens is 386 g/mol. The quantitative estimate of drug-likeness (QED) is 0.572. The Morgan fingerprint density at radius 1 is 1.14 bits per heavy atom. The molecule has 2 aromatic heterocycles. The molecule has 0 amide bonds. The van der Waals surface area contributed by atoms with Gasteiger partial charge in [-0.1, -0.05) is 17.7 Å². The largest absolute Gasteiger partial charge is 0.393 e. The van der Waals surface area contributed by atoms with E-state index in [2.05, 4.69) is 20.9 Å². The lowest BCUT2D eigenvalue weighted by molar-refractivity contribution is 0.126. The van der Waals surface area contributed by atoms with Gasteiger partial charge in [-0.3, -0.25) is 0 Å². The first kappa shape index (κ1) is 20.4. The summed E-state index contributed by atoms with van der Waals surface area (Å²) in [7, 11) is 0. The normalized spacial score (nSPS) is 24.8. The smallest absolute Gasteiger partial charge is 0.126 e. The van der Waals surface area contributed by atoms with Crippen LogP contribution in [0.2, 0.25) is 5.02 Å². The molecule has 2 aromatic rings. The van der Waals surface area contributed by atoms with Crippen molar-refractivity contribution in [1.82, 2.24) is 15.3 Å². The Hall–Kier alpha value is -1.89. The van der Waals surface area contributed by atoms with E-state index in [1.807, 2.05) is 24.3 Å². The average molecular weight is 416 g/mol. The zero-order chi connectivity index (χ0) is 20.1. The first-order valence-electron chi connectivity index (χ1n) is 10.7. The van der Waals surface area contributed by atoms with Crippen molar-refractivity contribution in [3.05, 3.63) is 35.5 Å². The highest BCUT2D eigenvalue weighted by Crippen LogP contribution is 2.30. The third-order valence-corrected chi connectivity index (χ3v) is 6.20. The second-order valence-electron chi connectivity index (χ2n) is 8.20. The van der Waals surface area contributed by atoms with Crippen molar-refractivity contribution in [2.24, 2.45) is 5.92 Å². The van der Waals surface area contributed by atoms with Crippen LogP contribution in [0.25, 0.3) is 11.3 Å². The number of hydrogen-bond acceptors (Lipinski definition) is 6. The molecule has 156 valence electrons. The third-order valence-electron chi connectivity index (χ3n) is 5.90. The first-order valence-corrected chi connectivity index (χ1v) is 11.1. The number of anilines is 2. The second-order valence-corrected chi connectivity index (χ2v) is 8.61. The number of aliphatic hydroxyl groups is 1. The molecule has 0 aromatic carbocycles. The van der Waals surface area contributed by atoms with Crippen molar-refractivity contribution in [2.75, 3.05) is 30.3 Å². The molecule has 1 aliphatic carbocycles. The minimum absolute atomic E-state index is 0.161. The van der Waals surface area contributed by atoms with Crippen LogP contribution in [0.1, 0.15) is 38.5 Å². The van der Waals surface area contributed by atoms with Gasteiger partial charge >= 0.3 is 0 Å². The van der Waals surface area contributed by atoms with Crippen LogP contribution >= 0.6 is 11.6 Å². The molecule has 6 nitrogen and oxygen atoms in total. The maximum Gasteiger partial charge on any atom is 0.126 e. The van der Waals surface area contributed by atoms with Crippen molar-refractivity contribution < 1.29 is 5.11 Å². The fourth-order valence-electron chi connectivity index (χ4n) is 4.17. The number of aliphatic hydroxyl groups excluding tert-OH is 1. The molecule has 2 aliphatic rings. The van der Waals surface area contributed by atoms with E-state index in [0.29, 0.717) is 17.0 Å². The van der Waals surface area contributed by atoms with E-state index in [9.17, 15) is 5.11 Å². The van der Waals surface area contributed by atoms with Gasteiger partial charge in [0, 0.05) is 24.3 Å². The summed E-state index contributed by atoms with van der Waals surface area (Å²) in [4.78, 5) is 9.22. The fraction of sp³-hybridized carbons (Fsp3) is 0.545. The fourth-order valence-corrected chi connectivity index (χ4v) is 4.37. The summed E-state index contributed by atoms with van der Waals surface area (Å²) in [6, 6.07) is 8.31.